The summed E-state index contributed by atoms with van der Waals surface area (Å²) in [4.78, 5) is 0. The molecule has 0 aliphatic carbocycles. The van der Waals surface area contributed by atoms with Gasteiger partial charge in [0.1, 0.15) is 0 Å². The van der Waals surface area contributed by atoms with Crippen LogP contribution in [0.2, 0.25) is 0 Å². The predicted molar refractivity (Wildman–Crippen MR) is 178 cm³/mol. The smallest absolute Gasteiger partial charge is 0.00676 e. The third-order valence-corrected chi connectivity index (χ3v) is 4.29. The summed E-state index contributed by atoms with van der Waals surface area (Å²) in [6, 6.07) is 8.80. The molecule has 0 atom stereocenters. The number of hydrogen-bond donors (Lipinski definition) is 0. The van der Waals surface area contributed by atoms with Gasteiger partial charge in [0, 0.05) is 0 Å². The Balaban J connectivity index is -0.000000212. The van der Waals surface area contributed by atoms with Crippen LogP contribution in [0.3, 0.4) is 0 Å². The molecule has 36 heavy (non-hydrogen) atoms. The molecule has 0 aliphatic rings. The van der Waals surface area contributed by atoms with Gasteiger partial charge in [-0.15, -0.1) is 0 Å². The second-order valence-corrected chi connectivity index (χ2v) is 6.66. The molecule has 0 heterocycles. The first-order valence-corrected chi connectivity index (χ1v) is 14.6. The van der Waals surface area contributed by atoms with Crippen molar-refractivity contribution in [3.05, 3.63) is 76.4 Å². The van der Waals surface area contributed by atoms with Gasteiger partial charge in [0.2, 0.25) is 0 Å². The van der Waals surface area contributed by atoms with E-state index in [0.717, 1.165) is 0 Å². The Morgan fingerprint density at radius 2 is 0.889 bits per heavy atom. The third kappa shape index (κ3) is 15.6. The van der Waals surface area contributed by atoms with Crippen LogP contribution in [0, 0.1) is 20.8 Å². The Morgan fingerprint density at radius 1 is 0.556 bits per heavy atom. The molecule has 2 rings (SSSR count). The molecule has 0 saturated heterocycles. The van der Waals surface area contributed by atoms with Crippen LogP contribution in [0.5, 0.6) is 0 Å². The second kappa shape index (κ2) is 32.7. The Hall–Kier alpha value is -2.34. The van der Waals surface area contributed by atoms with Crippen LogP contribution < -0.4 is 0 Å². The lowest BCUT2D eigenvalue weighted by molar-refractivity contribution is 1.09. The van der Waals surface area contributed by atoms with Crippen molar-refractivity contribution in [2.24, 2.45) is 0 Å². The van der Waals surface area contributed by atoms with Gasteiger partial charge in [-0.05, 0) is 79.1 Å². The zero-order chi connectivity index (χ0) is 29.7. The van der Waals surface area contributed by atoms with Gasteiger partial charge in [0.25, 0.3) is 0 Å². The van der Waals surface area contributed by atoms with Crippen molar-refractivity contribution in [1.82, 2.24) is 0 Å². The fourth-order valence-corrected chi connectivity index (χ4v) is 3.17. The van der Waals surface area contributed by atoms with Crippen molar-refractivity contribution in [3.63, 3.8) is 0 Å². The summed E-state index contributed by atoms with van der Waals surface area (Å²) < 4.78 is 0. The fraction of sp³-hybridized carbons (Fsp3) is 0.500. The first kappa shape index (κ1) is 43.7. The summed E-state index contributed by atoms with van der Waals surface area (Å²) in [5.41, 5.74) is 10.2. The average Bonchev–Trinajstić information content (AvgIpc) is 2.94. The largest absolute Gasteiger partial charge is 0.0984 e. The van der Waals surface area contributed by atoms with E-state index < -0.39 is 0 Å². The lowest BCUT2D eigenvalue weighted by atomic mass is 9.85. The van der Waals surface area contributed by atoms with Gasteiger partial charge in [-0.25, -0.2) is 0 Å². The summed E-state index contributed by atoms with van der Waals surface area (Å²) in [6.45, 7) is 39.0. The van der Waals surface area contributed by atoms with E-state index >= 15 is 0 Å². The molecule has 208 valence electrons. The van der Waals surface area contributed by atoms with Gasteiger partial charge in [0.15, 0.2) is 0 Å². The zero-order valence-electron chi connectivity index (χ0n) is 27.6. The fourth-order valence-electron chi connectivity index (χ4n) is 3.17. The van der Waals surface area contributed by atoms with Crippen LogP contribution in [0.1, 0.15) is 137 Å². The maximum Gasteiger partial charge on any atom is -0.00676 e. The zero-order valence-corrected chi connectivity index (χ0v) is 27.6. The highest BCUT2D eigenvalue weighted by Gasteiger charge is 2.15. The number of rotatable bonds is 4. The molecule has 0 heteroatoms. The van der Waals surface area contributed by atoms with Crippen LogP contribution in [0.15, 0.2) is 43.0 Å². The highest BCUT2D eigenvalue weighted by Crippen LogP contribution is 2.37. The molecule has 0 N–H and O–H groups in total. The molecule has 2 aromatic carbocycles. The van der Waals surface area contributed by atoms with E-state index in [9.17, 15) is 0 Å². The summed E-state index contributed by atoms with van der Waals surface area (Å²) in [6.07, 6.45) is 11.8. The quantitative estimate of drug-likeness (QED) is 0.395. The van der Waals surface area contributed by atoms with Crippen LogP contribution in [0.25, 0.3) is 29.4 Å². The highest BCUT2D eigenvalue weighted by atomic mass is 14.2. The lowest BCUT2D eigenvalue weighted by Crippen LogP contribution is -1.98. The van der Waals surface area contributed by atoms with E-state index in [1.807, 2.05) is 75.3 Å². The van der Waals surface area contributed by atoms with Crippen molar-refractivity contribution in [3.8, 4) is 11.1 Å². The minimum Gasteiger partial charge on any atom is -0.0984 e. The van der Waals surface area contributed by atoms with Crippen molar-refractivity contribution in [2.75, 3.05) is 0 Å². The summed E-state index contributed by atoms with van der Waals surface area (Å²) in [7, 11) is 0. The summed E-state index contributed by atoms with van der Waals surface area (Å²) in [5.74, 6) is 0. The number of hydrogen-bond acceptors (Lipinski definition) is 0. The number of benzene rings is 2. The molecule has 0 radical (unpaired) electrons. The molecule has 0 fully saturated rings. The van der Waals surface area contributed by atoms with E-state index in [0.29, 0.717) is 0 Å². The number of allylic oxidation sites excluding steroid dienone is 2. The van der Waals surface area contributed by atoms with Gasteiger partial charge >= 0.3 is 0 Å². The molecule has 0 unspecified atom stereocenters. The normalized spacial score (nSPS) is 8.69. The average molecular weight is 497 g/mol. The Bertz CT molecular complexity index is 801. The van der Waals surface area contributed by atoms with Gasteiger partial charge in [-0.3, -0.25) is 0 Å². The minimum atomic E-state index is 1.21. The topological polar surface area (TPSA) is 0 Å². The van der Waals surface area contributed by atoms with E-state index in [2.05, 4.69) is 104 Å². The standard InChI is InChI=1S/C23H26.C3H8.5C2H6/c1-7-10-19-15-14-18(6)22(20(19)9-3)23-17(5)13-12-16(4)21(23)11-8-2;1-3-2;5*1-2/h7-15H,3H2,1-2,4-6H3;3H2,1-2H3;5*1-2H3/b10-7-,11-8-;;;;;;. The van der Waals surface area contributed by atoms with E-state index in [1.165, 1.54) is 50.9 Å². The molecular weight excluding hydrogens is 432 g/mol. The first-order chi connectivity index (χ1) is 17.5. The lowest BCUT2D eigenvalue weighted by Gasteiger charge is -2.19. The Kier molecular flexibility index (Phi) is 39.7. The van der Waals surface area contributed by atoms with E-state index in [4.69, 9.17) is 0 Å². The maximum absolute atomic E-state index is 4.08. The van der Waals surface area contributed by atoms with Crippen molar-refractivity contribution in [1.29, 1.82) is 0 Å². The van der Waals surface area contributed by atoms with Gasteiger partial charge in [-0.2, -0.15) is 0 Å². The third-order valence-electron chi connectivity index (χ3n) is 4.29. The molecule has 0 bridgehead atoms. The van der Waals surface area contributed by atoms with E-state index in [1.54, 1.807) is 0 Å². The molecular formula is C36H64. The van der Waals surface area contributed by atoms with Crippen LogP contribution >= 0.6 is 0 Å². The SMILES string of the molecule is C=Cc1c(/C=C\C)ccc(C)c1-c1c(C)ccc(C)c1/C=C\C.CC.CC.CC.CC.CC.CCC. The van der Waals surface area contributed by atoms with Gasteiger partial charge in [-0.1, -0.05) is 151 Å². The molecule has 0 aliphatic heterocycles. The molecule has 0 aromatic heterocycles. The molecule has 0 nitrogen and oxygen atoms in total. The van der Waals surface area contributed by atoms with Gasteiger partial charge in [0.05, 0.1) is 0 Å². The van der Waals surface area contributed by atoms with Crippen molar-refractivity contribution in [2.45, 2.75) is 124 Å². The Morgan fingerprint density at radius 3 is 1.25 bits per heavy atom. The highest BCUT2D eigenvalue weighted by molar-refractivity contribution is 5.89. The van der Waals surface area contributed by atoms with Crippen molar-refractivity contribution >= 4 is 18.2 Å². The number of aryl methyl sites for hydroxylation is 3. The minimum absolute atomic E-state index is 1.21. The molecule has 0 saturated carbocycles. The van der Waals surface area contributed by atoms with Crippen LogP contribution in [-0.4, -0.2) is 0 Å². The Labute approximate surface area is 229 Å². The molecule has 0 spiro atoms. The molecule has 0 amide bonds. The second-order valence-electron chi connectivity index (χ2n) is 6.66. The monoisotopic (exact) mass is 497 g/mol. The molecule has 2 aromatic rings. The first-order valence-electron chi connectivity index (χ1n) is 14.6. The van der Waals surface area contributed by atoms with E-state index in [-0.39, 0.29) is 0 Å². The predicted octanol–water partition coefficient (Wildman–Crippen LogP) is 13.5. The van der Waals surface area contributed by atoms with Gasteiger partial charge < -0.3 is 0 Å². The van der Waals surface area contributed by atoms with Crippen LogP contribution in [-0.2, 0) is 0 Å². The van der Waals surface area contributed by atoms with Crippen molar-refractivity contribution < 1.29 is 0 Å². The maximum atomic E-state index is 4.08. The van der Waals surface area contributed by atoms with Crippen LogP contribution in [0.4, 0.5) is 0 Å². The summed E-state index contributed by atoms with van der Waals surface area (Å²) >= 11 is 0. The summed E-state index contributed by atoms with van der Waals surface area (Å²) in [5, 5.41) is 0.